The average molecular weight is 480 g/mol. The molecule has 8 heteroatoms. The van der Waals surface area contributed by atoms with Crippen molar-refractivity contribution < 1.29 is 23.9 Å². The van der Waals surface area contributed by atoms with E-state index in [9.17, 15) is 23.9 Å². The van der Waals surface area contributed by atoms with Crippen molar-refractivity contribution in [2.45, 2.75) is 38.1 Å². The quantitative estimate of drug-likeness (QED) is 0.645. The maximum absolute atomic E-state index is 13.5. The van der Waals surface area contributed by atoms with Crippen molar-refractivity contribution in [2.75, 3.05) is 37.7 Å². The zero-order valence-corrected chi connectivity index (χ0v) is 19.7. The number of amides is 3. The number of fused-ring (bicyclic) bond motifs is 1. The lowest BCUT2D eigenvalue weighted by atomic mass is 9.93. The zero-order valence-electron chi connectivity index (χ0n) is 19.7. The summed E-state index contributed by atoms with van der Waals surface area (Å²) in [4.78, 5) is 44.5. The molecule has 3 amide bonds. The Labute approximate surface area is 204 Å². The van der Waals surface area contributed by atoms with Crippen LogP contribution in [0.1, 0.15) is 52.0 Å². The molecule has 0 unspecified atom stereocenters. The Morgan fingerprint density at radius 2 is 1.77 bits per heavy atom. The Kier molecular flexibility index (Phi) is 6.56. The molecule has 2 saturated heterocycles. The van der Waals surface area contributed by atoms with E-state index in [1.165, 1.54) is 17.0 Å². The fourth-order valence-corrected chi connectivity index (χ4v) is 5.63. The molecule has 0 spiro atoms. The first-order chi connectivity index (χ1) is 17.0. The van der Waals surface area contributed by atoms with Gasteiger partial charge in [-0.2, -0.15) is 0 Å². The molecule has 0 aliphatic carbocycles. The van der Waals surface area contributed by atoms with Crippen LogP contribution in [0.2, 0.25) is 0 Å². The van der Waals surface area contributed by atoms with Gasteiger partial charge in [-0.3, -0.25) is 19.3 Å². The number of piperidine rings is 1. The summed E-state index contributed by atoms with van der Waals surface area (Å²) >= 11 is 0. The van der Waals surface area contributed by atoms with E-state index in [4.69, 9.17) is 0 Å². The van der Waals surface area contributed by atoms with Gasteiger partial charge in [0.25, 0.3) is 11.8 Å². The maximum atomic E-state index is 13.5. The molecule has 1 N–H and O–H groups in total. The van der Waals surface area contributed by atoms with Gasteiger partial charge >= 0.3 is 0 Å². The van der Waals surface area contributed by atoms with Gasteiger partial charge in [0.2, 0.25) is 5.91 Å². The molecular formula is C27H30FN3O4. The van der Waals surface area contributed by atoms with Gasteiger partial charge in [0.05, 0.1) is 29.5 Å². The number of halogens is 1. The highest BCUT2D eigenvalue weighted by Gasteiger charge is 2.39. The molecule has 0 aromatic heterocycles. The molecule has 2 fully saturated rings. The van der Waals surface area contributed by atoms with Crippen LogP contribution in [0.3, 0.4) is 0 Å². The van der Waals surface area contributed by atoms with Crippen LogP contribution < -0.4 is 4.90 Å². The summed E-state index contributed by atoms with van der Waals surface area (Å²) in [5, 5.41) is 9.56. The molecule has 7 nitrogen and oxygen atoms in total. The second-order valence-corrected chi connectivity index (χ2v) is 9.61. The van der Waals surface area contributed by atoms with E-state index in [-0.39, 0.29) is 48.7 Å². The number of anilines is 1. The van der Waals surface area contributed by atoms with Crippen molar-refractivity contribution in [1.29, 1.82) is 0 Å². The van der Waals surface area contributed by atoms with E-state index in [0.717, 1.165) is 24.1 Å². The van der Waals surface area contributed by atoms with E-state index in [1.54, 1.807) is 24.3 Å². The van der Waals surface area contributed by atoms with Crippen LogP contribution >= 0.6 is 0 Å². The largest absolute Gasteiger partial charge is 0.394 e. The number of imide groups is 1. The van der Waals surface area contributed by atoms with E-state index < -0.39 is 0 Å². The average Bonchev–Trinajstić information content (AvgIpc) is 3.45. The van der Waals surface area contributed by atoms with Crippen molar-refractivity contribution >= 4 is 23.4 Å². The van der Waals surface area contributed by atoms with Crippen molar-refractivity contribution in [1.82, 2.24) is 9.80 Å². The summed E-state index contributed by atoms with van der Waals surface area (Å²) in [7, 11) is 0. The third-order valence-electron chi connectivity index (χ3n) is 7.55. The first-order valence-corrected chi connectivity index (χ1v) is 12.4. The lowest BCUT2D eigenvalue weighted by molar-refractivity contribution is -0.137. The Morgan fingerprint density at radius 3 is 2.51 bits per heavy atom. The topological polar surface area (TPSA) is 81.2 Å². The second-order valence-electron chi connectivity index (χ2n) is 9.61. The number of hydrogen-bond donors (Lipinski definition) is 1. The molecule has 3 aliphatic rings. The lowest BCUT2D eigenvalue weighted by Gasteiger charge is -2.36. The van der Waals surface area contributed by atoms with Crippen molar-refractivity contribution in [3.63, 3.8) is 0 Å². The van der Waals surface area contributed by atoms with Gasteiger partial charge < -0.3 is 14.9 Å². The highest BCUT2D eigenvalue weighted by Crippen LogP contribution is 2.35. The number of carbonyl (C=O) groups excluding carboxylic acids is 3. The van der Waals surface area contributed by atoms with Crippen LogP contribution in [-0.4, -0.2) is 71.5 Å². The van der Waals surface area contributed by atoms with Gasteiger partial charge in [0, 0.05) is 32.1 Å². The fourth-order valence-electron chi connectivity index (χ4n) is 5.63. The van der Waals surface area contributed by atoms with E-state index in [2.05, 4.69) is 4.90 Å². The van der Waals surface area contributed by atoms with Crippen LogP contribution in [0.25, 0.3) is 0 Å². The molecule has 2 aromatic carbocycles. The highest BCUT2D eigenvalue weighted by atomic mass is 19.1. The number of aliphatic hydroxyl groups is 1. The number of carbonyl (C=O) groups is 3. The number of nitrogens with zero attached hydrogens (tertiary/aromatic N) is 3. The number of hydrogen-bond acceptors (Lipinski definition) is 5. The summed E-state index contributed by atoms with van der Waals surface area (Å²) in [6, 6.07) is 11.5. The van der Waals surface area contributed by atoms with E-state index >= 15 is 0 Å². The molecule has 0 bridgehead atoms. The predicted octanol–water partition coefficient (Wildman–Crippen LogP) is 2.86. The molecule has 1 atom stereocenters. The summed E-state index contributed by atoms with van der Waals surface area (Å²) in [5.74, 6) is -0.953. The third kappa shape index (κ3) is 4.43. The highest BCUT2D eigenvalue weighted by molar-refractivity contribution is 6.23. The normalized spacial score (nSPS) is 20.6. The Bertz CT molecular complexity index is 1140. The fraction of sp³-hybridized carbons (Fsp3) is 0.444. The Hall–Kier alpha value is -3.26. The van der Waals surface area contributed by atoms with Gasteiger partial charge in [-0.15, -0.1) is 0 Å². The lowest BCUT2D eigenvalue weighted by Crippen LogP contribution is -2.45. The summed E-state index contributed by atoms with van der Waals surface area (Å²) < 4.78 is 13.5. The predicted molar refractivity (Wildman–Crippen MR) is 129 cm³/mol. The van der Waals surface area contributed by atoms with Gasteiger partial charge in [-0.1, -0.05) is 18.2 Å². The Morgan fingerprint density at radius 1 is 1.00 bits per heavy atom. The first-order valence-electron chi connectivity index (χ1n) is 12.4. The minimum Gasteiger partial charge on any atom is -0.394 e. The molecule has 3 heterocycles. The smallest absolute Gasteiger partial charge is 0.263 e. The summed E-state index contributed by atoms with van der Waals surface area (Å²) in [5.41, 5.74) is 2.28. The van der Waals surface area contributed by atoms with Crippen LogP contribution in [0.5, 0.6) is 0 Å². The Balaban J connectivity index is 1.27. The van der Waals surface area contributed by atoms with Crippen molar-refractivity contribution in [3.05, 3.63) is 65.0 Å². The monoisotopic (exact) mass is 479 g/mol. The van der Waals surface area contributed by atoms with Crippen molar-refractivity contribution in [3.8, 4) is 0 Å². The van der Waals surface area contributed by atoms with Crippen LogP contribution in [0.4, 0.5) is 10.1 Å². The number of aliphatic hydroxyl groups excluding tert-OH is 1. The standard InChI is InChI=1S/C27H30FN3O4/c28-20-5-1-4-18(16-20)9-15-31-26(34)22-7-2-8-23(24(22)27(31)35)29-13-10-19(11-14-29)25(33)30-12-3-6-21(30)17-32/h1-2,4-5,7-8,16,19,21,32H,3,6,9-15,17H2/t21-/m0/s1. The number of rotatable bonds is 6. The maximum Gasteiger partial charge on any atom is 0.263 e. The van der Waals surface area contributed by atoms with Gasteiger partial charge in [-0.25, -0.2) is 4.39 Å². The minimum atomic E-state index is -0.342. The molecular weight excluding hydrogens is 449 g/mol. The van der Waals surface area contributed by atoms with E-state index in [0.29, 0.717) is 50.0 Å². The molecule has 35 heavy (non-hydrogen) atoms. The van der Waals surface area contributed by atoms with Crippen LogP contribution in [0, 0.1) is 11.7 Å². The van der Waals surface area contributed by atoms with Crippen molar-refractivity contribution in [2.24, 2.45) is 5.92 Å². The second kappa shape index (κ2) is 9.77. The molecule has 0 saturated carbocycles. The zero-order chi connectivity index (χ0) is 24.5. The van der Waals surface area contributed by atoms with Crippen LogP contribution in [0.15, 0.2) is 42.5 Å². The SMILES string of the molecule is O=C1c2cccc(N3CCC(C(=O)N4CCC[C@H]4CO)CC3)c2C(=O)N1CCc1cccc(F)c1. The van der Waals surface area contributed by atoms with Gasteiger partial charge in [0.1, 0.15) is 5.82 Å². The third-order valence-corrected chi connectivity index (χ3v) is 7.55. The van der Waals surface area contributed by atoms with Gasteiger partial charge in [0.15, 0.2) is 0 Å². The van der Waals surface area contributed by atoms with E-state index in [1.807, 2.05) is 11.0 Å². The molecule has 3 aliphatic heterocycles. The first kappa shape index (κ1) is 23.5. The molecule has 2 aromatic rings. The molecule has 5 rings (SSSR count). The number of benzene rings is 2. The molecule has 0 radical (unpaired) electrons. The van der Waals surface area contributed by atoms with Crippen LogP contribution in [-0.2, 0) is 11.2 Å². The minimum absolute atomic E-state index is 0.00654. The van der Waals surface area contributed by atoms with Gasteiger partial charge in [-0.05, 0) is 61.9 Å². The summed E-state index contributed by atoms with van der Waals surface area (Å²) in [6.45, 7) is 2.14. The summed E-state index contributed by atoms with van der Waals surface area (Å²) in [6.07, 6.45) is 3.50. The number of likely N-dealkylation sites (tertiary alicyclic amines) is 1. The molecule has 184 valence electrons.